The molecule has 1 unspecified atom stereocenters. The van der Waals surface area contributed by atoms with Gasteiger partial charge in [-0.3, -0.25) is 14.6 Å². The summed E-state index contributed by atoms with van der Waals surface area (Å²) in [5.74, 6) is 0.235. The Balaban J connectivity index is 1.86. The molecule has 3 aliphatic rings. The van der Waals surface area contributed by atoms with Gasteiger partial charge in [-0.15, -0.1) is 0 Å². The summed E-state index contributed by atoms with van der Waals surface area (Å²) >= 11 is 1.70. The number of rotatable bonds is 9. The van der Waals surface area contributed by atoms with Crippen LogP contribution in [0.25, 0.3) is 0 Å². The van der Waals surface area contributed by atoms with E-state index in [-0.39, 0.29) is 24.5 Å². The maximum absolute atomic E-state index is 12.5. The summed E-state index contributed by atoms with van der Waals surface area (Å²) in [5.41, 5.74) is 8.36. The van der Waals surface area contributed by atoms with Crippen molar-refractivity contribution in [1.29, 1.82) is 0 Å². The van der Waals surface area contributed by atoms with Crippen LogP contribution in [0.1, 0.15) is 58.3 Å². The molecule has 7 nitrogen and oxygen atoms in total. The summed E-state index contributed by atoms with van der Waals surface area (Å²) in [6, 6.07) is 0.609. The number of thioether (sulfide) groups is 1. The van der Waals surface area contributed by atoms with Crippen LogP contribution >= 0.6 is 11.8 Å². The lowest BCUT2D eigenvalue weighted by atomic mass is 9.89. The molecule has 0 radical (unpaired) electrons. The molecule has 1 heterocycles. The number of nitrogens with two attached hydrogens (primary N) is 1. The Bertz CT molecular complexity index is 882. The first-order valence-electron chi connectivity index (χ1n) is 11.9. The third kappa shape index (κ3) is 6.09. The molecule has 1 fully saturated rings. The molecule has 0 aromatic rings. The molecule has 3 rings (SSSR count). The number of primary amides is 1. The van der Waals surface area contributed by atoms with Crippen LogP contribution < -0.4 is 11.1 Å². The first-order valence-corrected chi connectivity index (χ1v) is 12.8. The molecule has 0 saturated heterocycles. The van der Waals surface area contributed by atoms with Crippen molar-refractivity contribution in [2.75, 3.05) is 27.7 Å². The van der Waals surface area contributed by atoms with Gasteiger partial charge in [0.25, 0.3) is 0 Å². The number of carbonyl (C=O) groups is 2. The van der Waals surface area contributed by atoms with E-state index in [0.29, 0.717) is 12.5 Å². The van der Waals surface area contributed by atoms with Gasteiger partial charge >= 0.3 is 0 Å². The Hall–Kier alpha value is -2.06. The van der Waals surface area contributed by atoms with Gasteiger partial charge < -0.3 is 20.7 Å². The summed E-state index contributed by atoms with van der Waals surface area (Å²) in [4.78, 5) is 31.7. The number of nitrogens with zero attached hydrogens (tertiary/aromatic N) is 2. The van der Waals surface area contributed by atoms with Crippen LogP contribution in [0.2, 0.25) is 0 Å². The normalized spacial score (nSPS) is 27.7. The van der Waals surface area contributed by atoms with Crippen molar-refractivity contribution in [2.45, 2.75) is 70.4 Å². The van der Waals surface area contributed by atoms with Gasteiger partial charge in [0, 0.05) is 19.5 Å². The molecule has 3 N–H and O–H groups in total. The summed E-state index contributed by atoms with van der Waals surface area (Å²) < 4.78 is 6.70. The molecule has 0 aromatic carbocycles. The number of aliphatic imine (C=N–C) groups is 1. The fourth-order valence-corrected chi connectivity index (χ4v) is 6.16. The molecule has 33 heavy (non-hydrogen) atoms. The molecule has 182 valence electrons. The smallest absolute Gasteiger partial charge is 0.236 e. The fraction of sp³-hybridized carbons (Fsp3) is 0.640. The van der Waals surface area contributed by atoms with Gasteiger partial charge in [-0.05, 0) is 81.0 Å². The van der Waals surface area contributed by atoms with E-state index in [1.54, 1.807) is 11.8 Å². The predicted octanol–water partition coefficient (Wildman–Crippen LogP) is 3.53. The highest BCUT2D eigenvalue weighted by atomic mass is 32.2. The lowest BCUT2D eigenvalue weighted by molar-refractivity contribution is -0.125. The van der Waals surface area contributed by atoms with Gasteiger partial charge in [-0.1, -0.05) is 25.3 Å². The Kier molecular flexibility index (Phi) is 8.82. The fourth-order valence-electron chi connectivity index (χ4n) is 4.93. The van der Waals surface area contributed by atoms with Crippen molar-refractivity contribution in [3.05, 3.63) is 34.0 Å². The first kappa shape index (κ1) is 25.6. The molecule has 0 aromatic heterocycles. The quantitative estimate of drug-likeness (QED) is 0.498. The average Bonchev–Trinajstić information content (AvgIpc) is 3.35. The van der Waals surface area contributed by atoms with Crippen LogP contribution in [0.3, 0.4) is 0 Å². The van der Waals surface area contributed by atoms with E-state index in [4.69, 9.17) is 10.5 Å². The second-order valence-electron chi connectivity index (χ2n) is 9.32. The van der Waals surface area contributed by atoms with Gasteiger partial charge in [0.05, 0.1) is 18.2 Å². The van der Waals surface area contributed by atoms with Crippen molar-refractivity contribution < 1.29 is 14.3 Å². The third-order valence-electron chi connectivity index (χ3n) is 6.86. The van der Waals surface area contributed by atoms with Gasteiger partial charge in [-0.2, -0.15) is 0 Å². The minimum Gasteiger partial charge on any atom is -0.489 e. The zero-order chi connectivity index (χ0) is 24.1. The number of hydrogen-bond donors (Lipinski definition) is 2. The molecular formula is C25H38N4O3S. The van der Waals surface area contributed by atoms with Crippen LogP contribution in [0.5, 0.6) is 0 Å². The largest absolute Gasteiger partial charge is 0.489 e. The maximum Gasteiger partial charge on any atom is 0.236 e. The zero-order valence-corrected chi connectivity index (χ0v) is 21.2. The molecule has 0 bridgehead atoms. The van der Waals surface area contributed by atoms with E-state index in [9.17, 15) is 9.59 Å². The van der Waals surface area contributed by atoms with E-state index in [0.717, 1.165) is 66.9 Å². The lowest BCUT2D eigenvalue weighted by Crippen LogP contribution is -2.35. The Morgan fingerprint density at radius 2 is 1.94 bits per heavy atom. The van der Waals surface area contributed by atoms with Crippen LogP contribution in [0.4, 0.5) is 0 Å². The van der Waals surface area contributed by atoms with Crippen LogP contribution in [0, 0.1) is 5.92 Å². The summed E-state index contributed by atoms with van der Waals surface area (Å²) in [5, 5.41) is 3.58. The van der Waals surface area contributed by atoms with Gasteiger partial charge in [0.15, 0.2) is 0 Å². The highest BCUT2D eigenvalue weighted by molar-refractivity contribution is 8.18. The standard InChI is InChI=1S/C25H38N4O3S/c1-6-15(2)24(32-18-10-8-17(9-11-18)29(4)5)23-22-16(13-21(31)28-14-20(26)30)7-12-19(22)33-25(23)27-3/h16-18H,2,6-14H2,1,3-5H3,(H2,26,30)(H,28,31). The SMILES string of the molecule is C=C(CC)C(OC1CCC(N(C)C)CC1)=C1C(=NC)SC2=C1C(CC(=O)NCC(N)=O)CC2. The number of nitrogens with one attached hydrogen (secondary N) is 1. The van der Waals surface area contributed by atoms with E-state index < -0.39 is 5.91 Å². The summed E-state index contributed by atoms with van der Waals surface area (Å²) in [7, 11) is 6.10. The Morgan fingerprint density at radius 3 is 2.52 bits per heavy atom. The Morgan fingerprint density at radius 1 is 1.24 bits per heavy atom. The summed E-state index contributed by atoms with van der Waals surface area (Å²) in [6.07, 6.45) is 7.40. The number of amides is 2. The van der Waals surface area contributed by atoms with Crippen LogP contribution in [-0.2, 0) is 14.3 Å². The van der Waals surface area contributed by atoms with Crippen molar-refractivity contribution in [3.63, 3.8) is 0 Å². The highest BCUT2D eigenvalue weighted by Gasteiger charge is 2.40. The van der Waals surface area contributed by atoms with Gasteiger partial charge in [0.2, 0.25) is 11.8 Å². The number of hydrogen-bond acceptors (Lipinski definition) is 6. The molecule has 2 amide bonds. The topological polar surface area (TPSA) is 97.0 Å². The van der Waals surface area contributed by atoms with Crippen molar-refractivity contribution in [1.82, 2.24) is 10.2 Å². The first-order chi connectivity index (χ1) is 15.7. The molecule has 0 spiro atoms. The number of ether oxygens (including phenoxy) is 1. The van der Waals surface area contributed by atoms with Gasteiger partial charge in [-0.25, -0.2) is 0 Å². The maximum atomic E-state index is 12.5. The summed E-state index contributed by atoms with van der Waals surface area (Å²) in [6.45, 7) is 6.30. The molecule has 1 atom stereocenters. The van der Waals surface area contributed by atoms with Crippen molar-refractivity contribution >= 4 is 28.6 Å². The van der Waals surface area contributed by atoms with Gasteiger partial charge in [0.1, 0.15) is 10.8 Å². The second kappa shape index (κ2) is 11.4. The van der Waals surface area contributed by atoms with Crippen molar-refractivity contribution in [2.24, 2.45) is 16.6 Å². The van der Waals surface area contributed by atoms with Crippen LogP contribution in [0.15, 0.2) is 39.0 Å². The molecule has 1 saturated carbocycles. The average molecular weight is 475 g/mol. The monoisotopic (exact) mass is 474 g/mol. The zero-order valence-electron chi connectivity index (χ0n) is 20.4. The van der Waals surface area contributed by atoms with E-state index in [2.05, 4.69) is 42.8 Å². The van der Waals surface area contributed by atoms with E-state index in [1.807, 2.05) is 7.05 Å². The molecule has 2 aliphatic carbocycles. The Labute approximate surface area is 202 Å². The minimum atomic E-state index is -0.536. The lowest BCUT2D eigenvalue weighted by Gasteiger charge is -2.34. The molecule has 1 aliphatic heterocycles. The van der Waals surface area contributed by atoms with E-state index in [1.165, 1.54) is 10.5 Å². The van der Waals surface area contributed by atoms with Crippen LogP contribution in [-0.4, -0.2) is 61.6 Å². The van der Waals surface area contributed by atoms with E-state index >= 15 is 0 Å². The number of allylic oxidation sites excluding steroid dienone is 3. The highest BCUT2D eigenvalue weighted by Crippen LogP contribution is 2.53. The molecule has 8 heteroatoms. The number of carbonyl (C=O) groups excluding carboxylic acids is 2. The van der Waals surface area contributed by atoms with Crippen molar-refractivity contribution in [3.8, 4) is 0 Å². The molecular weight excluding hydrogens is 436 g/mol. The minimum absolute atomic E-state index is 0.0716. The second-order valence-corrected chi connectivity index (χ2v) is 10.4. The third-order valence-corrected chi connectivity index (χ3v) is 8.11. The predicted molar refractivity (Wildman–Crippen MR) is 135 cm³/mol.